The first-order valence-electron chi connectivity index (χ1n) is 5.72. The summed E-state index contributed by atoms with van der Waals surface area (Å²) in [5, 5.41) is 11.8. The fourth-order valence-corrected chi connectivity index (χ4v) is 1.51. The highest BCUT2D eigenvalue weighted by molar-refractivity contribution is 6.03. The quantitative estimate of drug-likeness (QED) is 0.751. The summed E-state index contributed by atoms with van der Waals surface area (Å²) in [6.45, 7) is 3.54. The largest absolute Gasteiger partial charge is 0.494 e. The molecule has 98 valence electrons. The molecule has 1 rings (SSSR count). The van der Waals surface area contributed by atoms with Gasteiger partial charge in [-0.05, 0) is 32.0 Å². The predicted octanol–water partition coefficient (Wildman–Crippen LogP) is 1.50. The minimum Gasteiger partial charge on any atom is -0.494 e. The number of hydrogen-bond acceptors (Lipinski definition) is 4. The zero-order chi connectivity index (χ0) is 13.5. The minimum absolute atomic E-state index is 0.151. The summed E-state index contributed by atoms with van der Waals surface area (Å²) < 4.78 is 5.33. The van der Waals surface area contributed by atoms with Gasteiger partial charge in [-0.1, -0.05) is 0 Å². The second kappa shape index (κ2) is 6.76. The van der Waals surface area contributed by atoms with Crippen LogP contribution in [0.4, 0.5) is 5.69 Å². The Labute approximate surface area is 106 Å². The second-order valence-electron chi connectivity index (χ2n) is 3.84. The number of amides is 1. The van der Waals surface area contributed by atoms with Gasteiger partial charge in [-0.3, -0.25) is 9.59 Å². The van der Waals surface area contributed by atoms with Crippen LogP contribution < -0.4 is 10.1 Å². The number of aliphatic hydroxyl groups excluding tert-OH is 1. The molecular formula is C13H17NO4. The van der Waals surface area contributed by atoms with Crippen molar-refractivity contribution in [2.24, 2.45) is 0 Å². The van der Waals surface area contributed by atoms with E-state index in [4.69, 9.17) is 4.74 Å². The van der Waals surface area contributed by atoms with E-state index in [1.807, 2.05) is 6.92 Å². The van der Waals surface area contributed by atoms with E-state index in [1.54, 1.807) is 18.2 Å². The monoisotopic (exact) mass is 251 g/mol. The van der Waals surface area contributed by atoms with Crippen molar-refractivity contribution in [3.05, 3.63) is 23.8 Å². The van der Waals surface area contributed by atoms with Crippen molar-refractivity contribution in [2.75, 3.05) is 11.9 Å². The summed E-state index contributed by atoms with van der Waals surface area (Å²) in [5.74, 6) is 0.0286. The van der Waals surface area contributed by atoms with Gasteiger partial charge in [0.05, 0.1) is 19.6 Å². The van der Waals surface area contributed by atoms with Crippen LogP contribution in [0.3, 0.4) is 0 Å². The number of ether oxygens (including phenoxy) is 1. The number of aliphatic hydroxyl groups is 1. The second-order valence-corrected chi connectivity index (χ2v) is 3.84. The molecule has 1 aromatic rings. The number of anilines is 1. The summed E-state index contributed by atoms with van der Waals surface area (Å²) in [5.41, 5.74) is 1.13. The van der Waals surface area contributed by atoms with Gasteiger partial charge in [0.1, 0.15) is 11.5 Å². The van der Waals surface area contributed by atoms with Crippen molar-refractivity contribution in [2.45, 2.75) is 26.9 Å². The van der Waals surface area contributed by atoms with E-state index in [0.717, 1.165) is 0 Å². The van der Waals surface area contributed by atoms with Crippen molar-refractivity contribution >= 4 is 17.4 Å². The number of ketones is 1. The van der Waals surface area contributed by atoms with Crippen LogP contribution in [0, 0.1) is 0 Å². The average molecular weight is 251 g/mol. The topological polar surface area (TPSA) is 75.6 Å². The molecule has 5 nitrogen and oxygen atoms in total. The van der Waals surface area contributed by atoms with Gasteiger partial charge < -0.3 is 15.2 Å². The van der Waals surface area contributed by atoms with Crippen LogP contribution in [0.25, 0.3) is 0 Å². The molecule has 0 saturated carbocycles. The molecule has 0 aromatic heterocycles. The number of benzene rings is 1. The van der Waals surface area contributed by atoms with E-state index in [-0.39, 0.29) is 24.7 Å². The van der Waals surface area contributed by atoms with Crippen LogP contribution in [0.1, 0.15) is 25.8 Å². The maximum absolute atomic E-state index is 11.4. The molecule has 0 aliphatic heterocycles. The Hall–Kier alpha value is -1.88. The summed E-state index contributed by atoms with van der Waals surface area (Å²) in [7, 11) is 0. The van der Waals surface area contributed by atoms with Gasteiger partial charge in [0, 0.05) is 11.3 Å². The highest BCUT2D eigenvalue weighted by atomic mass is 16.5. The van der Waals surface area contributed by atoms with E-state index in [9.17, 15) is 14.7 Å². The highest BCUT2D eigenvalue weighted by Gasteiger charge is 2.08. The van der Waals surface area contributed by atoms with E-state index < -0.39 is 0 Å². The fraction of sp³-hybridized carbons (Fsp3) is 0.385. The normalized spacial score (nSPS) is 9.94. The summed E-state index contributed by atoms with van der Waals surface area (Å²) in [6, 6.07) is 4.98. The third kappa shape index (κ3) is 4.18. The van der Waals surface area contributed by atoms with Crippen molar-refractivity contribution in [1.82, 2.24) is 0 Å². The lowest BCUT2D eigenvalue weighted by Gasteiger charge is -2.11. The van der Waals surface area contributed by atoms with Gasteiger partial charge in [0.25, 0.3) is 0 Å². The first kappa shape index (κ1) is 14.2. The molecule has 0 spiro atoms. The van der Waals surface area contributed by atoms with Gasteiger partial charge in [0.2, 0.25) is 5.91 Å². The molecule has 0 radical (unpaired) electrons. The zero-order valence-electron chi connectivity index (χ0n) is 10.5. The third-order valence-electron chi connectivity index (χ3n) is 2.22. The molecule has 0 fully saturated rings. The van der Waals surface area contributed by atoms with E-state index in [2.05, 4.69) is 5.32 Å². The van der Waals surface area contributed by atoms with E-state index >= 15 is 0 Å². The van der Waals surface area contributed by atoms with Crippen LogP contribution in [-0.4, -0.2) is 23.4 Å². The maximum atomic E-state index is 11.4. The Balaban J connectivity index is 2.79. The molecule has 0 heterocycles. The molecule has 18 heavy (non-hydrogen) atoms. The average Bonchev–Trinajstić information content (AvgIpc) is 2.30. The molecule has 0 aliphatic carbocycles. The lowest BCUT2D eigenvalue weighted by molar-refractivity contribution is -0.124. The molecular weight excluding hydrogens is 234 g/mol. The van der Waals surface area contributed by atoms with Gasteiger partial charge in [0.15, 0.2) is 0 Å². The number of carbonyl (C=O) groups is 2. The lowest BCUT2D eigenvalue weighted by Crippen LogP contribution is -2.15. The number of nitrogens with one attached hydrogen (secondary N) is 1. The molecule has 1 aromatic carbocycles. The highest BCUT2D eigenvalue weighted by Crippen LogP contribution is 2.23. The first-order valence-corrected chi connectivity index (χ1v) is 5.72. The van der Waals surface area contributed by atoms with Gasteiger partial charge >= 0.3 is 0 Å². The molecule has 5 heteroatoms. The van der Waals surface area contributed by atoms with Crippen molar-refractivity contribution in [3.8, 4) is 5.75 Å². The van der Waals surface area contributed by atoms with Gasteiger partial charge in [-0.25, -0.2) is 0 Å². The third-order valence-corrected chi connectivity index (χ3v) is 2.22. The Morgan fingerprint density at radius 2 is 2.11 bits per heavy atom. The van der Waals surface area contributed by atoms with Gasteiger partial charge in [-0.15, -0.1) is 0 Å². The minimum atomic E-state index is -0.365. The summed E-state index contributed by atoms with van der Waals surface area (Å²) >= 11 is 0. The molecule has 0 aliphatic rings. The number of carbonyl (C=O) groups excluding carboxylic acids is 2. The standard InChI is InChI=1S/C13H17NO4/c1-3-18-12-5-4-11(7-10(12)8-15)14-13(17)6-9(2)16/h4-5,7,15H,3,6,8H2,1-2H3,(H,14,17). The van der Waals surface area contributed by atoms with Crippen molar-refractivity contribution in [3.63, 3.8) is 0 Å². The smallest absolute Gasteiger partial charge is 0.231 e. The molecule has 0 atom stereocenters. The molecule has 2 N–H and O–H groups in total. The molecule has 1 amide bonds. The maximum Gasteiger partial charge on any atom is 0.231 e. The number of rotatable bonds is 6. The predicted molar refractivity (Wildman–Crippen MR) is 67.5 cm³/mol. The number of Topliss-reactive ketones (excluding diaryl/α,β-unsaturated/α-hetero) is 1. The summed E-state index contributed by atoms with van der Waals surface area (Å²) in [6.07, 6.45) is -0.151. The Kier molecular flexibility index (Phi) is 5.32. The van der Waals surface area contributed by atoms with Crippen LogP contribution in [0.15, 0.2) is 18.2 Å². The Morgan fingerprint density at radius 3 is 2.67 bits per heavy atom. The van der Waals surface area contributed by atoms with Crippen molar-refractivity contribution < 1.29 is 19.4 Å². The van der Waals surface area contributed by atoms with Crippen molar-refractivity contribution in [1.29, 1.82) is 0 Å². The van der Waals surface area contributed by atoms with Crippen LogP contribution in [0.5, 0.6) is 5.75 Å². The van der Waals surface area contributed by atoms with E-state index in [0.29, 0.717) is 23.6 Å². The Bertz CT molecular complexity index is 443. The molecule has 0 saturated heterocycles. The van der Waals surface area contributed by atoms with Crippen LogP contribution >= 0.6 is 0 Å². The number of hydrogen-bond donors (Lipinski definition) is 2. The van der Waals surface area contributed by atoms with E-state index in [1.165, 1.54) is 6.92 Å². The summed E-state index contributed by atoms with van der Waals surface area (Å²) in [4.78, 5) is 22.2. The first-order chi connectivity index (χ1) is 8.56. The molecule has 0 bridgehead atoms. The Morgan fingerprint density at radius 1 is 1.39 bits per heavy atom. The van der Waals surface area contributed by atoms with Gasteiger partial charge in [-0.2, -0.15) is 0 Å². The zero-order valence-corrected chi connectivity index (χ0v) is 10.5. The van der Waals surface area contributed by atoms with Crippen LogP contribution in [0.2, 0.25) is 0 Å². The van der Waals surface area contributed by atoms with Crippen LogP contribution in [-0.2, 0) is 16.2 Å². The molecule has 0 unspecified atom stereocenters. The fourth-order valence-electron chi connectivity index (χ4n) is 1.51. The lowest BCUT2D eigenvalue weighted by atomic mass is 10.2. The SMILES string of the molecule is CCOc1ccc(NC(=O)CC(C)=O)cc1CO.